The zero-order valence-corrected chi connectivity index (χ0v) is 19.9. The molecular formula is C26H27N5O2S. The van der Waals surface area contributed by atoms with Gasteiger partial charge in [0.2, 0.25) is 0 Å². The first-order valence-corrected chi connectivity index (χ1v) is 12.5. The van der Waals surface area contributed by atoms with E-state index >= 15 is 0 Å². The molecule has 4 aromatic rings. The van der Waals surface area contributed by atoms with Gasteiger partial charge < -0.3 is 9.64 Å². The van der Waals surface area contributed by atoms with Crippen LogP contribution in [0.5, 0.6) is 5.75 Å². The van der Waals surface area contributed by atoms with Gasteiger partial charge in [0, 0.05) is 13.1 Å². The van der Waals surface area contributed by atoms with Crippen LogP contribution in [-0.2, 0) is 6.42 Å². The molecule has 0 saturated carbocycles. The van der Waals surface area contributed by atoms with Gasteiger partial charge in [-0.1, -0.05) is 41.7 Å². The summed E-state index contributed by atoms with van der Waals surface area (Å²) in [4.78, 5) is 19.4. The quantitative estimate of drug-likeness (QED) is 0.398. The standard InChI is InChI=1S/C26H27N5O2S/c1-2-33-20-8-9-21-23(17-20)34-26(27-21)28-25(32)22-10-11-24(30-29-22)31-14-12-19(13-15-31)16-18-6-4-3-5-7-18/h3-11,17,19H,2,12-16H2,1H3,(H,27,28,32). The summed E-state index contributed by atoms with van der Waals surface area (Å²) in [7, 11) is 0. The first-order valence-electron chi connectivity index (χ1n) is 11.7. The predicted molar refractivity (Wildman–Crippen MR) is 136 cm³/mol. The fourth-order valence-corrected chi connectivity index (χ4v) is 5.19. The van der Waals surface area contributed by atoms with Crippen LogP contribution in [0.15, 0.2) is 60.7 Å². The van der Waals surface area contributed by atoms with Gasteiger partial charge >= 0.3 is 0 Å². The molecular weight excluding hydrogens is 446 g/mol. The van der Waals surface area contributed by atoms with Gasteiger partial charge in [0.05, 0.1) is 16.8 Å². The molecule has 0 atom stereocenters. The SMILES string of the molecule is CCOc1ccc2nc(NC(=O)c3ccc(N4CCC(Cc5ccccc5)CC4)nn3)sc2c1. The summed E-state index contributed by atoms with van der Waals surface area (Å²) in [5, 5.41) is 11.9. The van der Waals surface area contributed by atoms with Gasteiger partial charge in [-0.15, -0.1) is 10.2 Å². The molecule has 34 heavy (non-hydrogen) atoms. The van der Waals surface area contributed by atoms with Crippen LogP contribution in [0.4, 0.5) is 10.9 Å². The van der Waals surface area contributed by atoms with E-state index in [1.54, 1.807) is 6.07 Å². The maximum atomic E-state index is 12.7. The molecule has 1 N–H and O–H groups in total. The van der Waals surface area contributed by atoms with Crippen LogP contribution in [0.1, 0.15) is 35.8 Å². The smallest absolute Gasteiger partial charge is 0.277 e. The van der Waals surface area contributed by atoms with E-state index in [4.69, 9.17) is 4.74 Å². The van der Waals surface area contributed by atoms with Crippen molar-refractivity contribution < 1.29 is 9.53 Å². The Morgan fingerprint density at radius 1 is 1.09 bits per heavy atom. The van der Waals surface area contributed by atoms with Crippen molar-refractivity contribution in [3.63, 3.8) is 0 Å². The second kappa shape index (κ2) is 10.2. The lowest BCUT2D eigenvalue weighted by Crippen LogP contribution is -2.35. The number of piperidine rings is 1. The molecule has 0 spiro atoms. The van der Waals surface area contributed by atoms with E-state index in [2.05, 4.69) is 55.7 Å². The summed E-state index contributed by atoms with van der Waals surface area (Å²) in [6.45, 7) is 4.46. The van der Waals surface area contributed by atoms with Crippen LogP contribution < -0.4 is 15.0 Å². The van der Waals surface area contributed by atoms with Gasteiger partial charge in [-0.2, -0.15) is 0 Å². The molecule has 0 bridgehead atoms. The molecule has 1 aliphatic heterocycles. The molecule has 0 aliphatic carbocycles. The minimum Gasteiger partial charge on any atom is -0.494 e. The normalized spacial score (nSPS) is 14.3. The summed E-state index contributed by atoms with van der Waals surface area (Å²) in [5.74, 6) is 1.99. The number of hydrogen-bond donors (Lipinski definition) is 1. The molecule has 1 fully saturated rings. The maximum absolute atomic E-state index is 12.7. The van der Waals surface area contributed by atoms with Crippen molar-refractivity contribution in [2.75, 3.05) is 29.9 Å². The Morgan fingerprint density at radius 2 is 1.91 bits per heavy atom. The van der Waals surface area contributed by atoms with E-state index in [0.29, 0.717) is 17.7 Å². The number of nitrogens with zero attached hydrogens (tertiary/aromatic N) is 4. The largest absolute Gasteiger partial charge is 0.494 e. The number of nitrogens with one attached hydrogen (secondary N) is 1. The lowest BCUT2D eigenvalue weighted by Gasteiger charge is -2.32. The van der Waals surface area contributed by atoms with Crippen LogP contribution in [0.25, 0.3) is 10.2 Å². The fraction of sp³-hybridized carbons (Fsp3) is 0.308. The topological polar surface area (TPSA) is 80.2 Å². The monoisotopic (exact) mass is 473 g/mol. The van der Waals surface area contributed by atoms with Gasteiger partial charge in [-0.05, 0) is 68.0 Å². The zero-order valence-electron chi connectivity index (χ0n) is 19.1. The van der Waals surface area contributed by atoms with Gasteiger partial charge in [0.1, 0.15) is 5.75 Å². The van der Waals surface area contributed by atoms with E-state index in [9.17, 15) is 4.79 Å². The molecule has 174 valence electrons. The number of carbonyl (C=O) groups is 1. The average Bonchev–Trinajstić information content (AvgIpc) is 3.27. The third-order valence-corrected chi connectivity index (χ3v) is 7.01. The highest BCUT2D eigenvalue weighted by Crippen LogP contribution is 2.30. The van der Waals surface area contributed by atoms with Crippen molar-refractivity contribution in [2.45, 2.75) is 26.2 Å². The lowest BCUT2D eigenvalue weighted by molar-refractivity contribution is 0.102. The number of rotatable bonds is 7. The van der Waals surface area contributed by atoms with Gasteiger partial charge in [-0.25, -0.2) is 4.98 Å². The Hall–Kier alpha value is -3.52. The molecule has 3 heterocycles. The minimum atomic E-state index is -0.315. The van der Waals surface area contributed by atoms with E-state index in [-0.39, 0.29) is 11.6 Å². The molecule has 7 nitrogen and oxygen atoms in total. The molecule has 8 heteroatoms. The number of hydrogen-bond acceptors (Lipinski definition) is 7. The highest BCUT2D eigenvalue weighted by Gasteiger charge is 2.21. The van der Waals surface area contributed by atoms with Crippen molar-refractivity contribution >= 4 is 38.4 Å². The minimum absolute atomic E-state index is 0.275. The number of amides is 1. The Balaban J connectivity index is 1.17. The zero-order chi connectivity index (χ0) is 23.3. The van der Waals surface area contributed by atoms with E-state index in [1.807, 2.05) is 31.2 Å². The highest BCUT2D eigenvalue weighted by molar-refractivity contribution is 7.22. The molecule has 0 radical (unpaired) electrons. The molecule has 0 unspecified atom stereocenters. The molecule has 1 aliphatic rings. The summed E-state index contributed by atoms with van der Waals surface area (Å²) in [6.07, 6.45) is 3.38. The predicted octanol–water partition coefficient (Wildman–Crippen LogP) is 5.20. The second-order valence-corrected chi connectivity index (χ2v) is 9.46. The molecule has 5 rings (SSSR count). The first kappa shape index (κ1) is 22.3. The average molecular weight is 474 g/mol. The van der Waals surface area contributed by atoms with Crippen molar-refractivity contribution in [3.05, 3.63) is 71.9 Å². The van der Waals surface area contributed by atoms with E-state index < -0.39 is 0 Å². The molecule has 1 saturated heterocycles. The van der Waals surface area contributed by atoms with Gasteiger partial charge in [0.15, 0.2) is 16.6 Å². The Bertz CT molecular complexity index is 1250. The Labute approximate surface area is 202 Å². The van der Waals surface area contributed by atoms with Crippen molar-refractivity contribution in [3.8, 4) is 5.75 Å². The summed E-state index contributed by atoms with van der Waals surface area (Å²) in [5.41, 5.74) is 2.50. The third-order valence-electron chi connectivity index (χ3n) is 6.08. The number of thiazole rings is 1. The number of benzene rings is 2. The van der Waals surface area contributed by atoms with Crippen LogP contribution in [0.3, 0.4) is 0 Å². The van der Waals surface area contributed by atoms with Crippen LogP contribution in [0.2, 0.25) is 0 Å². The van der Waals surface area contributed by atoms with E-state index in [1.165, 1.54) is 16.9 Å². The molecule has 1 amide bonds. The van der Waals surface area contributed by atoms with E-state index in [0.717, 1.165) is 54.1 Å². The highest BCUT2D eigenvalue weighted by atomic mass is 32.1. The Kier molecular flexibility index (Phi) is 6.67. The van der Waals surface area contributed by atoms with Gasteiger partial charge in [-0.3, -0.25) is 10.1 Å². The number of anilines is 2. The summed E-state index contributed by atoms with van der Waals surface area (Å²) in [6, 6.07) is 20.0. The number of ether oxygens (including phenoxy) is 1. The fourth-order valence-electron chi connectivity index (χ4n) is 4.30. The maximum Gasteiger partial charge on any atom is 0.277 e. The van der Waals surface area contributed by atoms with Crippen molar-refractivity contribution in [2.24, 2.45) is 5.92 Å². The third kappa shape index (κ3) is 5.17. The van der Waals surface area contributed by atoms with Gasteiger partial charge in [0.25, 0.3) is 5.91 Å². The summed E-state index contributed by atoms with van der Waals surface area (Å²) >= 11 is 1.41. The lowest BCUT2D eigenvalue weighted by atomic mass is 9.90. The second-order valence-electron chi connectivity index (χ2n) is 8.43. The van der Waals surface area contributed by atoms with Crippen molar-refractivity contribution in [1.29, 1.82) is 0 Å². The Morgan fingerprint density at radius 3 is 2.65 bits per heavy atom. The molecule has 2 aromatic heterocycles. The van der Waals surface area contributed by atoms with Crippen molar-refractivity contribution in [1.82, 2.24) is 15.2 Å². The van der Waals surface area contributed by atoms with Crippen LogP contribution in [-0.4, -0.2) is 40.8 Å². The number of fused-ring (bicyclic) bond motifs is 1. The summed E-state index contributed by atoms with van der Waals surface area (Å²) < 4.78 is 6.49. The van der Waals surface area contributed by atoms with Crippen LogP contribution >= 0.6 is 11.3 Å². The first-order chi connectivity index (χ1) is 16.7. The molecule has 2 aromatic carbocycles. The van der Waals surface area contributed by atoms with Crippen LogP contribution in [0, 0.1) is 5.92 Å². The number of aromatic nitrogens is 3. The number of carbonyl (C=O) groups excluding carboxylic acids is 1.